The Morgan fingerprint density at radius 1 is 0.578 bits per heavy atom. The molecule has 3 N–H and O–H groups in total. The largest absolute Gasteiger partial charge is 0.345 e. The lowest BCUT2D eigenvalue weighted by atomic mass is 10.00. The molecule has 0 aliphatic rings. The average molecular weight is 620 g/mol. The van der Waals surface area contributed by atoms with Crippen LogP contribution in [-0.2, 0) is 43.8 Å². The molecule has 8 nitrogen and oxygen atoms in total. The molecule has 0 heterocycles. The second-order valence-corrected chi connectivity index (χ2v) is 12.3. The normalized spacial score (nSPS) is 12.6. The summed E-state index contributed by atoms with van der Waals surface area (Å²) in [5.74, 6) is -2.41. The smallest absolute Gasteiger partial charge is 0.289 e. The van der Waals surface area contributed by atoms with Crippen LogP contribution in [-0.4, -0.2) is 38.1 Å². The van der Waals surface area contributed by atoms with Gasteiger partial charge in [-0.25, -0.2) is 8.42 Å². The number of carbonyl (C=O) groups excluding carboxylic acids is 3. The molecule has 5 aromatic carbocycles. The summed E-state index contributed by atoms with van der Waals surface area (Å²) < 4.78 is 30.1. The Hall–Kier alpha value is -5.12. The minimum Gasteiger partial charge on any atom is -0.345 e. The zero-order chi connectivity index (χ0) is 31.6. The quantitative estimate of drug-likeness (QED) is 0.169. The van der Waals surface area contributed by atoms with Gasteiger partial charge in [0.1, 0.15) is 12.1 Å². The Morgan fingerprint density at radius 3 is 1.71 bits per heavy atom. The Bertz CT molecular complexity index is 1880. The molecule has 0 radical (unpaired) electrons. The number of carbonyl (C=O) groups is 3. The predicted molar refractivity (Wildman–Crippen MR) is 174 cm³/mol. The van der Waals surface area contributed by atoms with Gasteiger partial charge in [0.25, 0.3) is 5.91 Å². The number of ketones is 1. The van der Waals surface area contributed by atoms with E-state index in [1.807, 2.05) is 60.7 Å². The molecule has 0 spiro atoms. The van der Waals surface area contributed by atoms with Crippen molar-refractivity contribution in [3.63, 3.8) is 0 Å². The average Bonchev–Trinajstić information content (AvgIpc) is 3.07. The van der Waals surface area contributed by atoms with Crippen molar-refractivity contribution in [1.29, 1.82) is 0 Å². The second-order valence-electron chi connectivity index (χ2n) is 10.6. The van der Waals surface area contributed by atoms with Crippen molar-refractivity contribution < 1.29 is 22.8 Å². The van der Waals surface area contributed by atoms with Crippen LogP contribution in [0.5, 0.6) is 0 Å². The summed E-state index contributed by atoms with van der Waals surface area (Å²) in [6.45, 7) is 0.138. The van der Waals surface area contributed by atoms with E-state index >= 15 is 0 Å². The maximum Gasteiger partial charge on any atom is 0.289 e. The van der Waals surface area contributed by atoms with Gasteiger partial charge < -0.3 is 10.6 Å². The lowest BCUT2D eigenvalue weighted by Crippen LogP contribution is -2.55. The minimum atomic E-state index is -4.20. The van der Waals surface area contributed by atoms with E-state index < -0.39 is 39.7 Å². The van der Waals surface area contributed by atoms with Gasteiger partial charge in [-0.3, -0.25) is 14.4 Å². The fraction of sp³-hybridized carbons (Fsp3) is 0.139. The van der Waals surface area contributed by atoms with Gasteiger partial charge in [-0.1, -0.05) is 127 Å². The molecular formula is C36H33N3O5S. The highest BCUT2D eigenvalue weighted by molar-refractivity contribution is 7.89. The van der Waals surface area contributed by atoms with Gasteiger partial charge in [0.05, 0.1) is 4.90 Å². The number of Topliss-reactive ketones (excluding diaryl/α,β-unsaturated/α-hetero) is 1. The summed E-state index contributed by atoms with van der Waals surface area (Å²) in [6, 6.07) is 36.6. The van der Waals surface area contributed by atoms with Crippen LogP contribution in [0.2, 0.25) is 0 Å². The van der Waals surface area contributed by atoms with Crippen molar-refractivity contribution in [3.8, 4) is 0 Å². The van der Waals surface area contributed by atoms with E-state index in [0.29, 0.717) is 10.9 Å². The van der Waals surface area contributed by atoms with Crippen LogP contribution in [0.4, 0.5) is 0 Å². The molecule has 2 amide bonds. The van der Waals surface area contributed by atoms with E-state index in [1.165, 1.54) is 6.07 Å². The highest BCUT2D eigenvalue weighted by Gasteiger charge is 2.32. The molecule has 0 aliphatic carbocycles. The predicted octanol–water partition coefficient (Wildman–Crippen LogP) is 4.34. The Kier molecular flexibility index (Phi) is 10.1. The van der Waals surface area contributed by atoms with Gasteiger partial charge in [0.2, 0.25) is 21.7 Å². The van der Waals surface area contributed by atoms with Crippen LogP contribution in [0.3, 0.4) is 0 Å². The third-order valence-corrected chi connectivity index (χ3v) is 8.90. The number of amides is 2. The van der Waals surface area contributed by atoms with E-state index in [0.717, 1.165) is 16.5 Å². The summed E-state index contributed by atoms with van der Waals surface area (Å²) in [5.41, 5.74) is 2.25. The lowest BCUT2D eigenvalue weighted by molar-refractivity contribution is -0.140. The maximum atomic E-state index is 13.9. The monoisotopic (exact) mass is 619 g/mol. The molecule has 228 valence electrons. The van der Waals surface area contributed by atoms with Crippen LogP contribution in [0.1, 0.15) is 16.7 Å². The number of hydrogen-bond acceptors (Lipinski definition) is 5. The van der Waals surface area contributed by atoms with E-state index in [9.17, 15) is 22.8 Å². The lowest BCUT2D eigenvalue weighted by Gasteiger charge is -2.23. The maximum absolute atomic E-state index is 13.9. The van der Waals surface area contributed by atoms with Crippen molar-refractivity contribution in [2.75, 3.05) is 0 Å². The van der Waals surface area contributed by atoms with Gasteiger partial charge in [0.15, 0.2) is 0 Å². The molecule has 0 aromatic heterocycles. The van der Waals surface area contributed by atoms with Gasteiger partial charge >= 0.3 is 0 Å². The Labute approximate surface area is 262 Å². The fourth-order valence-electron chi connectivity index (χ4n) is 5.07. The van der Waals surface area contributed by atoms with Crippen LogP contribution in [0, 0.1) is 0 Å². The Morgan fingerprint density at radius 2 is 1.09 bits per heavy atom. The molecule has 0 unspecified atom stereocenters. The Balaban J connectivity index is 1.41. The third kappa shape index (κ3) is 8.29. The third-order valence-electron chi connectivity index (χ3n) is 7.37. The standard InChI is InChI=1S/C36H33N3O5S/c40-34(36(42)37-25-28-17-8-3-9-18-28)31(23-26-13-4-1-5-14-26)38-35(41)32(24-27-15-6-2-7-16-27)39-45(43,44)33-22-12-20-29-19-10-11-21-30(29)33/h1-22,31-32,39H,23-25H2,(H,37,42)(H,38,41)/t31-,32-/m0/s1. The summed E-state index contributed by atoms with van der Waals surface area (Å²) in [5, 5.41) is 6.58. The number of fused-ring (bicyclic) bond motifs is 1. The van der Waals surface area contributed by atoms with E-state index in [1.54, 1.807) is 66.7 Å². The molecular weight excluding hydrogens is 586 g/mol. The molecule has 45 heavy (non-hydrogen) atoms. The van der Waals surface area contributed by atoms with Crippen molar-refractivity contribution in [1.82, 2.24) is 15.4 Å². The van der Waals surface area contributed by atoms with Gasteiger partial charge in [-0.2, -0.15) is 4.72 Å². The molecule has 5 aromatic rings. The summed E-state index contributed by atoms with van der Waals surface area (Å²) in [4.78, 5) is 40.4. The first-order valence-electron chi connectivity index (χ1n) is 14.5. The number of hydrogen-bond donors (Lipinski definition) is 3. The minimum absolute atomic E-state index is 0.0170. The number of nitrogens with one attached hydrogen (secondary N) is 3. The fourth-order valence-corrected chi connectivity index (χ4v) is 6.50. The molecule has 0 bridgehead atoms. The zero-order valence-electron chi connectivity index (χ0n) is 24.4. The molecule has 5 rings (SSSR count). The molecule has 0 saturated carbocycles. The topological polar surface area (TPSA) is 121 Å². The summed E-state index contributed by atoms with van der Waals surface area (Å²) in [6.07, 6.45) is 0.0570. The molecule has 0 fully saturated rings. The van der Waals surface area contributed by atoms with Crippen molar-refractivity contribution >= 4 is 38.4 Å². The van der Waals surface area contributed by atoms with Gasteiger partial charge in [0, 0.05) is 18.4 Å². The first kappa shape index (κ1) is 31.3. The molecule has 9 heteroatoms. The van der Waals surface area contributed by atoms with Crippen molar-refractivity contribution in [3.05, 3.63) is 150 Å². The number of benzene rings is 5. The van der Waals surface area contributed by atoms with Crippen LogP contribution in [0.15, 0.2) is 138 Å². The molecule has 0 saturated heterocycles. The highest BCUT2D eigenvalue weighted by atomic mass is 32.2. The molecule has 2 atom stereocenters. The number of rotatable bonds is 13. The van der Waals surface area contributed by atoms with E-state index in [2.05, 4.69) is 15.4 Å². The number of sulfonamides is 1. The van der Waals surface area contributed by atoms with Crippen molar-refractivity contribution in [2.45, 2.75) is 36.4 Å². The van der Waals surface area contributed by atoms with Crippen LogP contribution in [0.25, 0.3) is 10.8 Å². The second kappa shape index (κ2) is 14.6. The van der Waals surface area contributed by atoms with Crippen molar-refractivity contribution in [2.24, 2.45) is 0 Å². The summed E-state index contributed by atoms with van der Waals surface area (Å²) >= 11 is 0. The van der Waals surface area contributed by atoms with Gasteiger partial charge in [-0.05, 0) is 34.6 Å². The summed E-state index contributed by atoms with van der Waals surface area (Å²) in [7, 11) is -4.20. The van der Waals surface area contributed by atoms with E-state index in [-0.39, 0.29) is 24.3 Å². The first-order chi connectivity index (χ1) is 21.8. The van der Waals surface area contributed by atoms with E-state index in [4.69, 9.17) is 0 Å². The highest BCUT2D eigenvalue weighted by Crippen LogP contribution is 2.23. The SMILES string of the molecule is O=C(NCc1ccccc1)C(=O)[C@H](Cc1ccccc1)NC(=O)[C@H](Cc1ccccc1)NS(=O)(=O)c1cccc2ccccc12. The first-order valence-corrected chi connectivity index (χ1v) is 16.0. The molecule has 0 aliphatic heterocycles. The zero-order valence-corrected chi connectivity index (χ0v) is 25.2. The van der Waals surface area contributed by atoms with Gasteiger partial charge in [-0.15, -0.1) is 0 Å². The van der Waals surface area contributed by atoms with Crippen LogP contribution >= 0.6 is 0 Å². The van der Waals surface area contributed by atoms with Crippen LogP contribution < -0.4 is 15.4 Å².